The lowest BCUT2D eigenvalue weighted by Gasteiger charge is -2.23. The predicted octanol–water partition coefficient (Wildman–Crippen LogP) is 5.30. The van der Waals surface area contributed by atoms with E-state index in [-0.39, 0.29) is 31.1 Å². The summed E-state index contributed by atoms with van der Waals surface area (Å²) in [5.74, 6) is -0.599. The van der Waals surface area contributed by atoms with Crippen molar-refractivity contribution >= 4 is 29.5 Å². The summed E-state index contributed by atoms with van der Waals surface area (Å²) in [5, 5.41) is 14.0. The summed E-state index contributed by atoms with van der Waals surface area (Å²) in [4.78, 5) is 38.1. The Labute approximate surface area is 306 Å². The molecule has 0 aliphatic carbocycles. The van der Waals surface area contributed by atoms with Crippen LogP contribution in [0.2, 0.25) is 0 Å². The first-order valence-corrected chi connectivity index (χ1v) is 17.3. The van der Waals surface area contributed by atoms with Crippen molar-refractivity contribution in [1.29, 1.82) is 0 Å². The van der Waals surface area contributed by atoms with E-state index >= 15 is 0 Å². The van der Waals surface area contributed by atoms with Gasteiger partial charge in [0.2, 0.25) is 0 Å². The van der Waals surface area contributed by atoms with Gasteiger partial charge in [-0.1, -0.05) is 24.3 Å². The highest BCUT2D eigenvalue weighted by Gasteiger charge is 2.25. The second kappa shape index (κ2) is 24.4. The number of carbonyl (C=O) groups excluding carboxylic acids is 3. The average Bonchev–Trinajstić information content (AvgIpc) is 3.06. The third-order valence-electron chi connectivity index (χ3n) is 6.31. The van der Waals surface area contributed by atoms with Gasteiger partial charge in [-0.3, -0.25) is 10.6 Å². The second-order valence-corrected chi connectivity index (χ2v) is 13.1. The van der Waals surface area contributed by atoms with Crippen LogP contribution in [0, 0.1) is 0 Å². The van der Waals surface area contributed by atoms with E-state index in [1.807, 2.05) is 0 Å². The highest BCUT2D eigenvalue weighted by molar-refractivity contribution is 6.04. The Morgan fingerprint density at radius 3 is 1.48 bits per heavy atom. The molecule has 0 saturated carbocycles. The summed E-state index contributed by atoms with van der Waals surface area (Å²) in [7, 11) is 0. The van der Waals surface area contributed by atoms with Crippen LogP contribution in [-0.4, -0.2) is 127 Å². The van der Waals surface area contributed by atoms with Crippen molar-refractivity contribution in [2.75, 3.05) is 103 Å². The number of rotatable bonds is 24. The minimum Gasteiger partial charge on any atom is -0.456 e. The van der Waals surface area contributed by atoms with Crippen molar-refractivity contribution in [3.8, 4) is 11.1 Å². The van der Waals surface area contributed by atoms with Crippen molar-refractivity contribution in [1.82, 2.24) is 0 Å². The van der Waals surface area contributed by atoms with Crippen LogP contribution in [0.5, 0.6) is 0 Å². The first-order valence-electron chi connectivity index (χ1n) is 17.3. The highest BCUT2D eigenvalue weighted by atomic mass is 16.6. The number of carbonyl (C=O) groups is 3. The number of benzene rings is 2. The summed E-state index contributed by atoms with van der Waals surface area (Å²) in [6.45, 7) is 15.3. The third kappa shape index (κ3) is 20.3. The lowest BCUT2D eigenvalue weighted by atomic mass is 9.99. The summed E-state index contributed by atoms with van der Waals surface area (Å²) >= 11 is 0. The summed E-state index contributed by atoms with van der Waals surface area (Å²) in [5.41, 5.74) is 0.609. The molecule has 3 N–H and O–H groups in total. The van der Waals surface area contributed by atoms with Crippen LogP contribution in [0.4, 0.5) is 21.0 Å². The lowest BCUT2D eigenvalue weighted by molar-refractivity contribution is -0.0196. The van der Waals surface area contributed by atoms with Crippen LogP contribution in [0.25, 0.3) is 11.1 Å². The molecule has 0 aromatic heterocycles. The van der Waals surface area contributed by atoms with Gasteiger partial charge < -0.3 is 47.7 Å². The minimum absolute atomic E-state index is 0.00231. The van der Waals surface area contributed by atoms with Crippen LogP contribution in [0.3, 0.4) is 0 Å². The molecule has 15 heteroatoms. The van der Waals surface area contributed by atoms with Gasteiger partial charge in [-0.05, 0) is 65.3 Å². The SMILES string of the molecule is CC(C)(C)OC(=O)Nc1c(C(=O)OC(C)(C)C)cccc1-c1ccc(NC(=O)OCCOCCOCCOCCOCCOCCOCCO)cc1. The topological polar surface area (TPSA) is 179 Å². The van der Waals surface area contributed by atoms with Gasteiger partial charge in [-0.15, -0.1) is 0 Å². The van der Waals surface area contributed by atoms with Crippen molar-refractivity contribution in [3.63, 3.8) is 0 Å². The third-order valence-corrected chi connectivity index (χ3v) is 6.31. The fraction of sp³-hybridized carbons (Fsp3) is 0.595. The number of ether oxygens (including phenoxy) is 9. The maximum absolute atomic E-state index is 13.1. The van der Waals surface area contributed by atoms with Gasteiger partial charge >= 0.3 is 18.2 Å². The number of anilines is 2. The molecular weight excluding hydrogens is 680 g/mol. The van der Waals surface area contributed by atoms with Crippen molar-refractivity contribution in [3.05, 3.63) is 48.0 Å². The van der Waals surface area contributed by atoms with E-state index < -0.39 is 29.4 Å². The molecule has 0 bridgehead atoms. The van der Waals surface area contributed by atoms with Crippen molar-refractivity contribution < 1.29 is 62.1 Å². The molecule has 0 radical (unpaired) electrons. The molecule has 0 spiro atoms. The first-order chi connectivity index (χ1) is 24.8. The zero-order valence-electron chi connectivity index (χ0n) is 31.3. The minimum atomic E-state index is -0.753. The van der Waals surface area contributed by atoms with Crippen molar-refractivity contribution in [2.45, 2.75) is 52.7 Å². The van der Waals surface area contributed by atoms with Crippen LogP contribution in [-0.2, 0) is 42.6 Å². The van der Waals surface area contributed by atoms with Gasteiger partial charge in [-0.2, -0.15) is 0 Å². The van der Waals surface area contributed by atoms with E-state index in [1.54, 1.807) is 84.0 Å². The van der Waals surface area contributed by atoms with Gasteiger partial charge in [0.25, 0.3) is 0 Å². The Balaban J connectivity index is 1.68. The first kappa shape index (κ1) is 44.3. The molecule has 2 aromatic rings. The molecule has 52 heavy (non-hydrogen) atoms. The van der Waals surface area contributed by atoms with Crippen molar-refractivity contribution in [2.24, 2.45) is 0 Å². The molecule has 2 rings (SSSR count). The maximum Gasteiger partial charge on any atom is 0.412 e. The Bertz CT molecular complexity index is 1320. The molecular formula is C37H56N2O13. The molecule has 0 aliphatic rings. The van der Waals surface area contributed by atoms with Gasteiger partial charge in [0.1, 0.15) is 17.8 Å². The Morgan fingerprint density at radius 1 is 0.558 bits per heavy atom. The molecule has 15 nitrogen and oxygen atoms in total. The Morgan fingerprint density at radius 2 is 1.02 bits per heavy atom. The van der Waals surface area contributed by atoms with Crippen LogP contribution in [0.1, 0.15) is 51.9 Å². The number of amides is 2. The highest BCUT2D eigenvalue weighted by Crippen LogP contribution is 2.33. The normalized spacial score (nSPS) is 11.6. The van der Waals surface area contributed by atoms with Crippen LogP contribution >= 0.6 is 0 Å². The number of hydrogen-bond acceptors (Lipinski definition) is 13. The number of nitrogens with one attached hydrogen (secondary N) is 2. The Hall–Kier alpha value is -3.83. The number of aliphatic hydroxyl groups excluding tert-OH is 1. The van der Waals surface area contributed by atoms with Crippen LogP contribution in [0.15, 0.2) is 42.5 Å². The summed E-state index contributed by atoms with van der Waals surface area (Å²) in [6, 6.07) is 11.9. The molecule has 2 amide bonds. The van der Waals surface area contributed by atoms with E-state index in [0.29, 0.717) is 89.5 Å². The van der Waals surface area contributed by atoms with E-state index in [0.717, 1.165) is 0 Å². The fourth-order valence-corrected chi connectivity index (χ4v) is 4.18. The van der Waals surface area contributed by atoms with Gasteiger partial charge in [-0.25, -0.2) is 14.4 Å². The molecule has 0 heterocycles. The summed E-state index contributed by atoms with van der Waals surface area (Å²) < 4.78 is 48.4. The maximum atomic E-state index is 13.1. The molecule has 0 fully saturated rings. The second-order valence-electron chi connectivity index (χ2n) is 13.1. The Kier molecular flexibility index (Phi) is 20.8. The zero-order valence-corrected chi connectivity index (χ0v) is 31.3. The predicted molar refractivity (Wildman–Crippen MR) is 194 cm³/mol. The van der Waals surface area contributed by atoms with Gasteiger partial charge in [0.15, 0.2) is 0 Å². The quantitative estimate of drug-likeness (QED) is 0.0720. The molecule has 0 atom stereocenters. The number of hydrogen-bond donors (Lipinski definition) is 3. The van der Waals surface area contributed by atoms with E-state index in [2.05, 4.69) is 10.6 Å². The molecule has 0 aliphatic heterocycles. The van der Waals surface area contributed by atoms with Crippen LogP contribution < -0.4 is 10.6 Å². The fourth-order valence-electron chi connectivity index (χ4n) is 4.18. The number of esters is 1. The molecule has 0 unspecified atom stereocenters. The molecule has 0 saturated heterocycles. The molecule has 292 valence electrons. The summed E-state index contributed by atoms with van der Waals surface area (Å²) in [6.07, 6.45) is -1.37. The zero-order chi connectivity index (χ0) is 38.2. The average molecular weight is 737 g/mol. The molecule has 2 aromatic carbocycles. The number of para-hydroxylation sites is 1. The monoisotopic (exact) mass is 736 g/mol. The number of aliphatic hydroxyl groups is 1. The van der Waals surface area contributed by atoms with Gasteiger partial charge in [0.05, 0.1) is 97.1 Å². The van der Waals surface area contributed by atoms with Gasteiger partial charge in [0, 0.05) is 11.3 Å². The van der Waals surface area contributed by atoms with E-state index in [9.17, 15) is 14.4 Å². The smallest absolute Gasteiger partial charge is 0.412 e. The lowest BCUT2D eigenvalue weighted by Crippen LogP contribution is -2.29. The standard InChI is InChI=1S/C37H56N2O13/c1-36(2,3)51-33(41)31-9-7-8-30(32(31)39-35(43)52-37(4,5)6)28-10-12-29(13-11-28)38-34(42)50-27-26-49-25-24-48-23-22-47-21-20-46-19-18-45-17-16-44-15-14-40/h7-13,40H,14-27H2,1-6H3,(H,38,42)(H,39,43). The van der Waals surface area contributed by atoms with E-state index in [4.69, 9.17) is 47.7 Å². The van der Waals surface area contributed by atoms with E-state index in [1.165, 1.54) is 0 Å². The largest absolute Gasteiger partial charge is 0.456 e.